The monoisotopic (exact) mass is 322 g/mol. The second kappa shape index (κ2) is 5.76. The van der Waals surface area contributed by atoms with Gasteiger partial charge in [-0.1, -0.05) is 30.3 Å². The summed E-state index contributed by atoms with van der Waals surface area (Å²) in [7, 11) is 0. The van der Waals surface area contributed by atoms with E-state index in [-0.39, 0.29) is 5.91 Å². The Bertz CT molecular complexity index is 754. The highest BCUT2D eigenvalue weighted by molar-refractivity contribution is 5.96. The van der Waals surface area contributed by atoms with E-state index in [0.29, 0.717) is 30.9 Å². The maximum atomic E-state index is 13.0. The van der Waals surface area contributed by atoms with E-state index < -0.39 is 5.66 Å². The predicted octanol–water partition coefficient (Wildman–Crippen LogP) is 2.19. The number of benzene rings is 2. The number of para-hydroxylation sites is 1. The molecule has 2 aromatic rings. The van der Waals surface area contributed by atoms with Gasteiger partial charge < -0.3 is 14.5 Å². The Morgan fingerprint density at radius 3 is 2.29 bits per heavy atom. The van der Waals surface area contributed by atoms with E-state index >= 15 is 0 Å². The van der Waals surface area contributed by atoms with Crippen LogP contribution in [-0.2, 0) is 4.74 Å². The summed E-state index contributed by atoms with van der Waals surface area (Å²) in [5.74, 6) is -0.0193. The van der Waals surface area contributed by atoms with Crippen LogP contribution >= 0.6 is 0 Å². The van der Waals surface area contributed by atoms with Gasteiger partial charge in [-0.05, 0) is 24.3 Å². The van der Waals surface area contributed by atoms with Crippen LogP contribution < -0.4 is 4.90 Å². The van der Waals surface area contributed by atoms with Gasteiger partial charge in [-0.25, -0.2) is 0 Å². The summed E-state index contributed by atoms with van der Waals surface area (Å²) < 4.78 is 5.48. The van der Waals surface area contributed by atoms with Crippen molar-refractivity contribution in [1.82, 2.24) is 4.90 Å². The lowest BCUT2D eigenvalue weighted by atomic mass is 10.0. The third-order valence-corrected chi connectivity index (χ3v) is 4.83. The molecule has 24 heavy (non-hydrogen) atoms. The SMILES string of the molecule is O=Cc1ccc(C(=O)N2CCN(c3ccccc3)C23COC3)cc1. The molecule has 1 amide bonds. The van der Waals surface area contributed by atoms with Gasteiger partial charge in [-0.3, -0.25) is 9.59 Å². The van der Waals surface area contributed by atoms with Crippen LogP contribution in [-0.4, -0.2) is 49.1 Å². The number of rotatable bonds is 3. The minimum Gasteiger partial charge on any atom is -0.372 e. The molecule has 122 valence electrons. The number of carbonyl (C=O) groups excluding carboxylic acids is 2. The number of nitrogens with zero attached hydrogens (tertiary/aromatic N) is 2. The lowest BCUT2D eigenvalue weighted by Crippen LogP contribution is -2.68. The van der Waals surface area contributed by atoms with Gasteiger partial charge >= 0.3 is 0 Å². The highest BCUT2D eigenvalue weighted by Gasteiger charge is 2.55. The second-order valence-electron chi connectivity index (χ2n) is 6.16. The molecule has 2 aliphatic rings. The molecule has 1 spiro atoms. The van der Waals surface area contributed by atoms with Gasteiger partial charge in [0.1, 0.15) is 6.29 Å². The van der Waals surface area contributed by atoms with Crippen molar-refractivity contribution in [2.45, 2.75) is 5.66 Å². The fraction of sp³-hybridized carbons (Fsp3) is 0.263. The zero-order valence-corrected chi connectivity index (χ0v) is 13.2. The maximum Gasteiger partial charge on any atom is 0.255 e. The molecular weight excluding hydrogens is 304 g/mol. The molecule has 0 aliphatic carbocycles. The van der Waals surface area contributed by atoms with E-state index in [2.05, 4.69) is 17.0 Å². The van der Waals surface area contributed by atoms with Crippen LogP contribution in [0.25, 0.3) is 0 Å². The van der Waals surface area contributed by atoms with Crippen molar-refractivity contribution in [3.05, 3.63) is 65.7 Å². The van der Waals surface area contributed by atoms with Crippen molar-refractivity contribution in [3.8, 4) is 0 Å². The van der Waals surface area contributed by atoms with Gasteiger partial charge in [0, 0.05) is 29.9 Å². The number of hydrogen-bond acceptors (Lipinski definition) is 4. The quantitative estimate of drug-likeness (QED) is 0.813. The molecule has 2 aliphatic heterocycles. The van der Waals surface area contributed by atoms with Gasteiger partial charge in [0.2, 0.25) is 0 Å². The van der Waals surface area contributed by atoms with Crippen LogP contribution in [0.15, 0.2) is 54.6 Å². The van der Waals surface area contributed by atoms with Gasteiger partial charge in [-0.2, -0.15) is 0 Å². The number of amides is 1. The molecule has 5 nitrogen and oxygen atoms in total. The second-order valence-corrected chi connectivity index (χ2v) is 6.16. The van der Waals surface area contributed by atoms with Crippen molar-refractivity contribution in [2.24, 2.45) is 0 Å². The Balaban J connectivity index is 1.63. The Morgan fingerprint density at radius 1 is 1.00 bits per heavy atom. The summed E-state index contributed by atoms with van der Waals surface area (Å²) in [6, 6.07) is 16.9. The summed E-state index contributed by atoms with van der Waals surface area (Å²) in [4.78, 5) is 27.9. The molecule has 0 radical (unpaired) electrons. The minimum absolute atomic E-state index is 0.0193. The molecule has 4 rings (SSSR count). The van der Waals surface area contributed by atoms with Gasteiger partial charge in [0.25, 0.3) is 5.91 Å². The highest BCUT2D eigenvalue weighted by atomic mass is 16.5. The van der Waals surface area contributed by atoms with E-state index in [1.54, 1.807) is 24.3 Å². The Kier molecular flexibility index (Phi) is 3.58. The Labute approximate surface area is 140 Å². The van der Waals surface area contributed by atoms with Crippen molar-refractivity contribution < 1.29 is 14.3 Å². The summed E-state index contributed by atoms with van der Waals surface area (Å²) in [5, 5.41) is 0. The molecule has 0 aromatic heterocycles. The third-order valence-electron chi connectivity index (χ3n) is 4.83. The van der Waals surface area contributed by atoms with E-state index in [4.69, 9.17) is 4.74 Å². The van der Waals surface area contributed by atoms with Crippen molar-refractivity contribution in [2.75, 3.05) is 31.2 Å². The van der Waals surface area contributed by atoms with Crippen LogP contribution in [0.4, 0.5) is 5.69 Å². The van der Waals surface area contributed by atoms with E-state index in [0.717, 1.165) is 18.5 Å². The average molecular weight is 322 g/mol. The lowest BCUT2D eigenvalue weighted by Gasteiger charge is -2.50. The summed E-state index contributed by atoms with van der Waals surface area (Å²) in [6.45, 7) is 2.47. The molecular formula is C19H18N2O3. The molecule has 0 unspecified atom stereocenters. The van der Waals surface area contributed by atoms with E-state index in [1.165, 1.54) is 0 Å². The van der Waals surface area contributed by atoms with Crippen LogP contribution in [0, 0.1) is 0 Å². The average Bonchev–Trinajstić information content (AvgIpc) is 3.02. The van der Waals surface area contributed by atoms with E-state index in [9.17, 15) is 9.59 Å². The first-order valence-electron chi connectivity index (χ1n) is 8.02. The molecule has 2 saturated heterocycles. The number of carbonyl (C=O) groups is 2. The Hall–Kier alpha value is -2.66. The van der Waals surface area contributed by atoms with Gasteiger partial charge in [0.05, 0.1) is 13.2 Å². The van der Waals surface area contributed by atoms with Crippen LogP contribution in [0.1, 0.15) is 20.7 Å². The third kappa shape index (κ3) is 2.20. The number of aldehydes is 1. The van der Waals surface area contributed by atoms with Crippen molar-refractivity contribution in [1.29, 1.82) is 0 Å². The normalized spacial score (nSPS) is 18.5. The molecule has 5 heteroatoms. The first kappa shape index (κ1) is 14.9. The van der Waals surface area contributed by atoms with Crippen LogP contribution in [0.5, 0.6) is 0 Å². The van der Waals surface area contributed by atoms with Gasteiger partial charge in [-0.15, -0.1) is 0 Å². The molecule has 2 aromatic carbocycles. The minimum atomic E-state index is -0.401. The first-order valence-corrected chi connectivity index (χ1v) is 8.02. The summed E-state index contributed by atoms with van der Waals surface area (Å²) in [5.41, 5.74) is 1.87. The predicted molar refractivity (Wildman–Crippen MR) is 90.2 cm³/mol. The van der Waals surface area contributed by atoms with Crippen LogP contribution in [0.2, 0.25) is 0 Å². The molecule has 0 bridgehead atoms. The molecule has 2 heterocycles. The smallest absolute Gasteiger partial charge is 0.255 e. The van der Waals surface area contributed by atoms with E-state index in [1.807, 2.05) is 23.1 Å². The fourth-order valence-electron chi connectivity index (χ4n) is 3.49. The summed E-state index contributed by atoms with van der Waals surface area (Å²) >= 11 is 0. The summed E-state index contributed by atoms with van der Waals surface area (Å²) in [6.07, 6.45) is 0.780. The topological polar surface area (TPSA) is 49.9 Å². The van der Waals surface area contributed by atoms with Crippen LogP contribution in [0.3, 0.4) is 0 Å². The molecule has 2 fully saturated rings. The number of hydrogen-bond donors (Lipinski definition) is 0. The Morgan fingerprint density at radius 2 is 1.71 bits per heavy atom. The highest BCUT2D eigenvalue weighted by Crippen LogP contribution is 2.38. The van der Waals surface area contributed by atoms with Crippen molar-refractivity contribution >= 4 is 17.9 Å². The maximum absolute atomic E-state index is 13.0. The molecule has 0 saturated carbocycles. The zero-order valence-electron chi connectivity index (χ0n) is 13.2. The lowest BCUT2D eigenvalue weighted by molar-refractivity contribution is -0.108. The largest absolute Gasteiger partial charge is 0.372 e. The molecule has 0 atom stereocenters. The van der Waals surface area contributed by atoms with Gasteiger partial charge in [0.15, 0.2) is 5.66 Å². The standard InChI is InChI=1S/C19H18N2O3/c22-12-15-6-8-16(9-7-15)18(23)21-11-10-20(19(21)13-24-14-19)17-4-2-1-3-5-17/h1-9,12H,10-11,13-14H2. The number of anilines is 1. The van der Waals surface area contributed by atoms with Crippen molar-refractivity contribution in [3.63, 3.8) is 0 Å². The zero-order chi connectivity index (χ0) is 16.6. The number of ether oxygens (including phenoxy) is 1. The fourth-order valence-corrected chi connectivity index (χ4v) is 3.49. The molecule has 0 N–H and O–H groups in total. The first-order chi connectivity index (χ1) is 11.7.